The predicted molar refractivity (Wildman–Crippen MR) is 96.2 cm³/mol. The molecular weight excluding hydrogens is 324 g/mol. The first-order chi connectivity index (χ1) is 11.8. The van der Waals surface area contributed by atoms with Crippen molar-refractivity contribution in [2.45, 2.75) is 69.2 Å². The number of unbranched alkanes of at least 4 members (excludes halogenated alkanes) is 8. The molecule has 0 amide bonds. The first-order valence-corrected chi connectivity index (χ1v) is 9.74. The monoisotopic (exact) mass is 350 g/mol. The van der Waals surface area contributed by atoms with Crippen molar-refractivity contribution in [3.8, 4) is 0 Å². The van der Waals surface area contributed by atoms with Gasteiger partial charge in [-0.15, -0.1) is 11.8 Å². The minimum Gasteiger partial charge on any atom is -0.481 e. The van der Waals surface area contributed by atoms with Crippen molar-refractivity contribution in [1.82, 2.24) is 19.9 Å². The summed E-state index contributed by atoms with van der Waals surface area (Å²) in [5, 5.41) is 9.52. The van der Waals surface area contributed by atoms with Crippen molar-refractivity contribution in [3.63, 3.8) is 0 Å². The van der Waals surface area contributed by atoms with E-state index in [-0.39, 0.29) is 0 Å². The maximum Gasteiger partial charge on any atom is 0.303 e. The Kier molecular flexibility index (Phi) is 8.59. The van der Waals surface area contributed by atoms with Crippen molar-refractivity contribution in [3.05, 3.63) is 12.7 Å². The number of imidazole rings is 1. The zero-order chi connectivity index (χ0) is 17.0. The van der Waals surface area contributed by atoms with Crippen molar-refractivity contribution in [1.29, 1.82) is 0 Å². The summed E-state index contributed by atoms with van der Waals surface area (Å²) < 4.78 is 0. The van der Waals surface area contributed by atoms with Crippen LogP contribution in [0, 0.1) is 0 Å². The summed E-state index contributed by atoms with van der Waals surface area (Å²) in [5.74, 6) is 0.386. The van der Waals surface area contributed by atoms with Crippen molar-refractivity contribution < 1.29 is 9.90 Å². The van der Waals surface area contributed by atoms with E-state index < -0.39 is 5.97 Å². The number of rotatable bonds is 13. The molecule has 2 aromatic heterocycles. The Labute approximate surface area is 146 Å². The summed E-state index contributed by atoms with van der Waals surface area (Å²) in [5.41, 5.74) is 1.67. The first kappa shape index (κ1) is 18.7. The summed E-state index contributed by atoms with van der Waals surface area (Å²) in [4.78, 5) is 26.1. The molecule has 0 aliphatic heterocycles. The maximum atomic E-state index is 10.4. The number of H-pyrrole nitrogens is 1. The number of carboxylic acid groups (broad SMARTS) is 1. The van der Waals surface area contributed by atoms with Crippen LogP contribution in [0.5, 0.6) is 0 Å². The number of fused-ring (bicyclic) bond motifs is 1. The van der Waals surface area contributed by atoms with Gasteiger partial charge in [-0.1, -0.05) is 44.9 Å². The number of aliphatic carboxylic acids is 1. The average Bonchev–Trinajstić information content (AvgIpc) is 3.05. The third-order valence-electron chi connectivity index (χ3n) is 3.96. The molecule has 0 spiro atoms. The molecule has 0 aliphatic carbocycles. The molecule has 0 aromatic carbocycles. The highest BCUT2D eigenvalue weighted by molar-refractivity contribution is 7.99. The molecule has 132 valence electrons. The number of hydrogen-bond donors (Lipinski definition) is 2. The van der Waals surface area contributed by atoms with Gasteiger partial charge in [0.2, 0.25) is 0 Å². The van der Waals surface area contributed by atoms with E-state index in [0.717, 1.165) is 41.2 Å². The Morgan fingerprint density at radius 1 is 0.958 bits per heavy atom. The molecule has 7 heteroatoms. The quantitative estimate of drug-likeness (QED) is 0.315. The molecule has 0 radical (unpaired) electrons. The third-order valence-corrected chi connectivity index (χ3v) is 5.02. The SMILES string of the molecule is O=C(O)CCCCCCCCCCCSc1ncnc2[nH]cnc12. The number of nitrogens with one attached hydrogen (secondary N) is 1. The van der Waals surface area contributed by atoms with E-state index in [9.17, 15) is 4.79 Å². The van der Waals surface area contributed by atoms with Crippen LogP contribution < -0.4 is 0 Å². The summed E-state index contributed by atoms with van der Waals surface area (Å²) in [6.45, 7) is 0. The maximum absolute atomic E-state index is 10.4. The van der Waals surface area contributed by atoms with Crippen LogP contribution >= 0.6 is 11.8 Å². The largest absolute Gasteiger partial charge is 0.481 e. The number of aromatic nitrogens is 4. The van der Waals surface area contributed by atoms with Crippen LogP contribution in [0.25, 0.3) is 11.2 Å². The lowest BCUT2D eigenvalue weighted by atomic mass is 10.1. The van der Waals surface area contributed by atoms with Crippen LogP contribution in [0.1, 0.15) is 64.2 Å². The van der Waals surface area contributed by atoms with E-state index in [1.807, 2.05) is 0 Å². The Morgan fingerprint density at radius 3 is 2.33 bits per heavy atom. The highest BCUT2D eigenvalue weighted by Crippen LogP contribution is 2.23. The molecule has 2 rings (SSSR count). The molecule has 6 nitrogen and oxygen atoms in total. The molecule has 0 unspecified atom stereocenters. The van der Waals surface area contributed by atoms with Crippen LogP contribution in [0.2, 0.25) is 0 Å². The molecule has 24 heavy (non-hydrogen) atoms. The highest BCUT2D eigenvalue weighted by atomic mass is 32.2. The lowest BCUT2D eigenvalue weighted by Crippen LogP contribution is -1.93. The van der Waals surface area contributed by atoms with Crippen molar-refractivity contribution in [2.75, 3.05) is 5.75 Å². The van der Waals surface area contributed by atoms with E-state index in [0.29, 0.717) is 6.42 Å². The number of carbonyl (C=O) groups is 1. The van der Waals surface area contributed by atoms with E-state index in [2.05, 4.69) is 19.9 Å². The van der Waals surface area contributed by atoms with Crippen LogP contribution in [0.15, 0.2) is 17.7 Å². The van der Waals surface area contributed by atoms with Gasteiger partial charge in [0, 0.05) is 6.42 Å². The van der Waals surface area contributed by atoms with Crippen LogP contribution in [0.3, 0.4) is 0 Å². The molecule has 2 N–H and O–H groups in total. The molecule has 0 atom stereocenters. The Bertz CT molecular complexity index is 617. The number of nitrogens with zero attached hydrogens (tertiary/aromatic N) is 3. The molecular formula is C17H26N4O2S. The van der Waals surface area contributed by atoms with Gasteiger partial charge in [0.1, 0.15) is 16.9 Å². The Hall–Kier alpha value is -1.63. The van der Waals surface area contributed by atoms with Gasteiger partial charge in [-0.05, 0) is 18.6 Å². The molecule has 0 saturated heterocycles. The summed E-state index contributed by atoms with van der Waals surface area (Å²) in [7, 11) is 0. The molecule has 0 saturated carbocycles. The van der Waals surface area contributed by atoms with Gasteiger partial charge in [0.05, 0.1) is 6.33 Å². The zero-order valence-electron chi connectivity index (χ0n) is 14.0. The van der Waals surface area contributed by atoms with Gasteiger partial charge in [0.25, 0.3) is 0 Å². The minimum atomic E-state index is -0.678. The van der Waals surface area contributed by atoms with Crippen LogP contribution in [-0.2, 0) is 4.79 Å². The van der Waals surface area contributed by atoms with Gasteiger partial charge in [0.15, 0.2) is 5.65 Å². The molecule has 0 bridgehead atoms. The average molecular weight is 350 g/mol. The Morgan fingerprint density at radius 2 is 1.62 bits per heavy atom. The first-order valence-electron chi connectivity index (χ1n) is 8.76. The fourth-order valence-electron chi connectivity index (χ4n) is 2.63. The van der Waals surface area contributed by atoms with Crippen LogP contribution in [0.4, 0.5) is 0 Å². The number of aromatic amines is 1. The van der Waals surface area contributed by atoms with Crippen molar-refractivity contribution in [2.24, 2.45) is 0 Å². The van der Waals surface area contributed by atoms with Crippen LogP contribution in [-0.4, -0.2) is 36.8 Å². The lowest BCUT2D eigenvalue weighted by Gasteiger charge is -2.03. The predicted octanol–water partition coefficient (Wildman–Crippen LogP) is 4.43. The van der Waals surface area contributed by atoms with Gasteiger partial charge in [-0.25, -0.2) is 15.0 Å². The third kappa shape index (κ3) is 6.86. The normalized spacial score (nSPS) is 11.2. The summed E-state index contributed by atoms with van der Waals surface area (Å²) in [6, 6.07) is 0. The molecule has 0 fully saturated rings. The lowest BCUT2D eigenvalue weighted by molar-refractivity contribution is -0.137. The second-order valence-electron chi connectivity index (χ2n) is 5.95. The molecule has 2 aromatic rings. The smallest absolute Gasteiger partial charge is 0.303 e. The van der Waals surface area contributed by atoms with E-state index in [1.165, 1.54) is 38.5 Å². The minimum absolute atomic E-state index is 0.314. The second kappa shape index (κ2) is 11.0. The van der Waals surface area contributed by atoms with Gasteiger partial charge >= 0.3 is 5.97 Å². The molecule has 0 aliphatic rings. The number of thioether (sulfide) groups is 1. The van der Waals surface area contributed by atoms with E-state index in [1.54, 1.807) is 24.4 Å². The zero-order valence-corrected chi connectivity index (χ0v) is 14.9. The Balaban J connectivity index is 1.43. The molecule has 2 heterocycles. The van der Waals surface area contributed by atoms with Gasteiger partial charge in [-0.2, -0.15) is 0 Å². The standard InChI is InChI=1S/C17H26N4O2S/c22-14(23)10-8-6-4-2-1-3-5-7-9-11-24-17-15-16(19-12-18-15)20-13-21-17/h12-13H,1-11H2,(H,22,23)(H,18,19,20,21). The number of hydrogen-bond acceptors (Lipinski definition) is 5. The van der Waals surface area contributed by atoms with E-state index in [4.69, 9.17) is 5.11 Å². The van der Waals surface area contributed by atoms with Gasteiger partial charge < -0.3 is 10.1 Å². The summed E-state index contributed by atoms with van der Waals surface area (Å²) >= 11 is 1.75. The summed E-state index contributed by atoms with van der Waals surface area (Å²) in [6.07, 6.45) is 14.1. The highest BCUT2D eigenvalue weighted by Gasteiger charge is 2.06. The van der Waals surface area contributed by atoms with Gasteiger partial charge in [-0.3, -0.25) is 4.79 Å². The fourth-order valence-corrected chi connectivity index (χ4v) is 3.58. The number of carboxylic acids is 1. The second-order valence-corrected chi connectivity index (χ2v) is 7.04. The van der Waals surface area contributed by atoms with Crippen molar-refractivity contribution >= 4 is 28.9 Å². The fraction of sp³-hybridized carbons (Fsp3) is 0.647. The topological polar surface area (TPSA) is 91.8 Å². The van der Waals surface area contributed by atoms with E-state index >= 15 is 0 Å².